The van der Waals surface area contributed by atoms with E-state index in [1.165, 1.54) is 0 Å². The van der Waals surface area contributed by atoms with Gasteiger partial charge in [0.25, 0.3) is 0 Å². The lowest BCUT2D eigenvalue weighted by molar-refractivity contribution is -0.122. The van der Waals surface area contributed by atoms with Crippen LogP contribution in [0.3, 0.4) is 0 Å². The Bertz CT molecular complexity index is 565. The van der Waals surface area contributed by atoms with Gasteiger partial charge in [0.15, 0.2) is 0 Å². The lowest BCUT2D eigenvalue weighted by Gasteiger charge is -2.32. The largest absolute Gasteiger partial charge is 0.496 e. The zero-order chi connectivity index (χ0) is 16.0. The average molecular weight is 301 g/mol. The molecule has 22 heavy (non-hydrogen) atoms. The molecule has 1 amide bonds. The Labute approximate surface area is 132 Å². The third-order valence-electron chi connectivity index (χ3n) is 5.20. The van der Waals surface area contributed by atoms with E-state index in [-0.39, 0.29) is 23.0 Å². The summed E-state index contributed by atoms with van der Waals surface area (Å²) in [6.07, 6.45) is 3.13. The van der Waals surface area contributed by atoms with Crippen molar-refractivity contribution in [1.82, 2.24) is 0 Å². The molecule has 0 aromatic heterocycles. The molecule has 4 nitrogen and oxygen atoms in total. The molecule has 0 radical (unpaired) electrons. The van der Waals surface area contributed by atoms with Crippen molar-refractivity contribution in [2.24, 2.45) is 5.92 Å². The highest BCUT2D eigenvalue weighted by atomic mass is 16.7. The Morgan fingerprint density at radius 2 is 1.73 bits per heavy atom. The summed E-state index contributed by atoms with van der Waals surface area (Å²) in [6.45, 7) is 8.12. The second kappa shape index (κ2) is 5.39. The molecule has 0 spiro atoms. The average Bonchev–Trinajstić information content (AvgIpc) is 2.56. The monoisotopic (exact) mass is 301 g/mol. The molecule has 1 aliphatic heterocycles. The lowest BCUT2D eigenvalue weighted by atomic mass is 9.77. The minimum atomic E-state index is -0.456. The third kappa shape index (κ3) is 2.68. The normalized spacial score (nSPS) is 23.2. The predicted octanol–water partition coefficient (Wildman–Crippen LogP) is 2.72. The van der Waals surface area contributed by atoms with E-state index in [4.69, 9.17) is 9.31 Å². The van der Waals surface area contributed by atoms with Crippen LogP contribution in [0.2, 0.25) is 0 Å². The number of carbonyl (C=O) groups is 1. The molecule has 0 bridgehead atoms. The smallest absolute Gasteiger partial charge is 0.399 e. The van der Waals surface area contributed by atoms with Gasteiger partial charge in [0.05, 0.1) is 11.2 Å². The van der Waals surface area contributed by atoms with Crippen LogP contribution in [0, 0.1) is 5.92 Å². The van der Waals surface area contributed by atoms with Crippen molar-refractivity contribution in [2.75, 3.05) is 5.32 Å². The summed E-state index contributed by atoms with van der Waals surface area (Å²) in [5.74, 6) is 0.265. The fourth-order valence-corrected chi connectivity index (χ4v) is 2.69. The summed E-state index contributed by atoms with van der Waals surface area (Å²) in [5.41, 5.74) is 0.901. The van der Waals surface area contributed by atoms with E-state index in [1.54, 1.807) is 0 Å². The van der Waals surface area contributed by atoms with Crippen LogP contribution in [0.5, 0.6) is 0 Å². The van der Waals surface area contributed by atoms with Crippen molar-refractivity contribution in [3.05, 3.63) is 24.3 Å². The van der Waals surface area contributed by atoms with Crippen LogP contribution in [0.4, 0.5) is 5.69 Å². The molecule has 1 aromatic carbocycles. The molecule has 1 heterocycles. The maximum absolute atomic E-state index is 12.2. The first-order valence-corrected chi connectivity index (χ1v) is 8.05. The molecule has 0 atom stereocenters. The van der Waals surface area contributed by atoms with E-state index in [1.807, 2.05) is 52.0 Å². The Hall–Kier alpha value is -1.33. The SMILES string of the molecule is CC1(C)OB(c2ccccc2NC(=O)C2CCC2)OC1(C)C. The number of hydrogen-bond acceptors (Lipinski definition) is 3. The van der Waals surface area contributed by atoms with Crippen molar-refractivity contribution < 1.29 is 14.1 Å². The van der Waals surface area contributed by atoms with Gasteiger partial charge in [0.2, 0.25) is 5.91 Å². The van der Waals surface area contributed by atoms with Crippen LogP contribution in [0.15, 0.2) is 24.3 Å². The van der Waals surface area contributed by atoms with Gasteiger partial charge in [0, 0.05) is 17.1 Å². The Morgan fingerprint density at radius 3 is 2.27 bits per heavy atom. The van der Waals surface area contributed by atoms with Crippen molar-refractivity contribution in [3.63, 3.8) is 0 Å². The first-order chi connectivity index (χ1) is 10.3. The highest BCUT2D eigenvalue weighted by Crippen LogP contribution is 2.37. The molecule has 1 N–H and O–H groups in total. The van der Waals surface area contributed by atoms with E-state index < -0.39 is 7.12 Å². The zero-order valence-electron chi connectivity index (χ0n) is 13.8. The molecule has 5 heteroatoms. The van der Waals surface area contributed by atoms with Gasteiger partial charge in [-0.05, 0) is 46.6 Å². The van der Waals surface area contributed by atoms with E-state index >= 15 is 0 Å². The summed E-state index contributed by atoms with van der Waals surface area (Å²) in [5, 5.41) is 3.05. The topological polar surface area (TPSA) is 47.6 Å². The van der Waals surface area contributed by atoms with E-state index in [9.17, 15) is 4.79 Å². The number of nitrogens with one attached hydrogen (secondary N) is 1. The van der Waals surface area contributed by atoms with Crippen LogP contribution in [0.25, 0.3) is 0 Å². The number of para-hydroxylation sites is 1. The molecule has 1 aromatic rings. The van der Waals surface area contributed by atoms with Gasteiger partial charge < -0.3 is 14.6 Å². The number of carbonyl (C=O) groups excluding carboxylic acids is 1. The zero-order valence-corrected chi connectivity index (χ0v) is 13.8. The molecule has 2 fully saturated rings. The first kappa shape index (κ1) is 15.6. The highest BCUT2D eigenvalue weighted by molar-refractivity contribution is 6.64. The van der Waals surface area contributed by atoms with Gasteiger partial charge in [0.1, 0.15) is 0 Å². The predicted molar refractivity (Wildman–Crippen MR) is 88.1 cm³/mol. The van der Waals surface area contributed by atoms with Crippen molar-refractivity contribution in [1.29, 1.82) is 0 Å². The van der Waals surface area contributed by atoms with Crippen LogP contribution in [-0.2, 0) is 14.1 Å². The van der Waals surface area contributed by atoms with Crippen LogP contribution < -0.4 is 10.8 Å². The maximum Gasteiger partial charge on any atom is 0.496 e. The number of anilines is 1. The van der Waals surface area contributed by atoms with Gasteiger partial charge in [-0.1, -0.05) is 24.6 Å². The van der Waals surface area contributed by atoms with Crippen LogP contribution >= 0.6 is 0 Å². The standard InChI is InChI=1S/C17H24BNO3/c1-16(2)17(3,4)22-18(21-16)13-10-5-6-11-14(13)19-15(20)12-8-7-9-12/h5-6,10-12H,7-9H2,1-4H3,(H,19,20). The Balaban J connectivity index is 1.81. The first-order valence-electron chi connectivity index (χ1n) is 8.05. The lowest BCUT2D eigenvalue weighted by Crippen LogP contribution is -2.41. The summed E-state index contributed by atoms with van der Waals surface area (Å²) in [7, 11) is -0.456. The summed E-state index contributed by atoms with van der Waals surface area (Å²) >= 11 is 0. The Morgan fingerprint density at radius 1 is 1.14 bits per heavy atom. The molecule has 2 aliphatic rings. The molecule has 1 aliphatic carbocycles. The quantitative estimate of drug-likeness (QED) is 0.873. The molecule has 0 unspecified atom stereocenters. The number of benzene rings is 1. The third-order valence-corrected chi connectivity index (χ3v) is 5.20. The molecular weight excluding hydrogens is 277 g/mol. The minimum Gasteiger partial charge on any atom is -0.399 e. The summed E-state index contributed by atoms with van der Waals surface area (Å²) in [4.78, 5) is 12.2. The summed E-state index contributed by atoms with van der Waals surface area (Å²) < 4.78 is 12.2. The van der Waals surface area contributed by atoms with Crippen molar-refractivity contribution >= 4 is 24.2 Å². The maximum atomic E-state index is 12.2. The molecule has 118 valence electrons. The molecule has 1 saturated heterocycles. The second-order valence-corrected chi connectivity index (χ2v) is 7.29. The highest BCUT2D eigenvalue weighted by Gasteiger charge is 2.52. The van der Waals surface area contributed by atoms with Crippen molar-refractivity contribution in [2.45, 2.75) is 58.2 Å². The summed E-state index contributed by atoms with van der Waals surface area (Å²) in [6, 6.07) is 7.74. The Kier molecular flexibility index (Phi) is 3.81. The van der Waals surface area contributed by atoms with E-state index in [0.717, 1.165) is 30.4 Å². The number of amides is 1. The fraction of sp³-hybridized carbons (Fsp3) is 0.588. The number of hydrogen-bond donors (Lipinski definition) is 1. The van der Waals surface area contributed by atoms with Crippen LogP contribution in [-0.4, -0.2) is 24.2 Å². The van der Waals surface area contributed by atoms with Gasteiger partial charge in [-0.3, -0.25) is 4.79 Å². The molecule has 1 saturated carbocycles. The van der Waals surface area contributed by atoms with E-state index in [0.29, 0.717) is 0 Å². The minimum absolute atomic E-state index is 0.107. The molecule has 3 rings (SSSR count). The van der Waals surface area contributed by atoms with Gasteiger partial charge in [-0.2, -0.15) is 0 Å². The van der Waals surface area contributed by atoms with Crippen molar-refractivity contribution in [3.8, 4) is 0 Å². The van der Waals surface area contributed by atoms with Gasteiger partial charge in [-0.15, -0.1) is 0 Å². The number of rotatable bonds is 3. The van der Waals surface area contributed by atoms with Gasteiger partial charge in [-0.25, -0.2) is 0 Å². The second-order valence-electron chi connectivity index (χ2n) is 7.29. The van der Waals surface area contributed by atoms with E-state index in [2.05, 4.69) is 5.32 Å². The molecular formula is C17H24BNO3. The van der Waals surface area contributed by atoms with Gasteiger partial charge >= 0.3 is 7.12 Å². The van der Waals surface area contributed by atoms with Crippen LogP contribution in [0.1, 0.15) is 47.0 Å². The fourth-order valence-electron chi connectivity index (χ4n) is 2.69.